The Hall–Kier alpha value is -2.08. The molecule has 1 aromatic carbocycles. The number of anilines is 1. The lowest BCUT2D eigenvalue weighted by molar-refractivity contribution is -1.02. The van der Waals surface area contributed by atoms with Gasteiger partial charge in [-0.05, 0) is 24.0 Å². The zero-order chi connectivity index (χ0) is 21.9. The maximum Gasteiger partial charge on any atom is 0.307 e. The molecule has 0 radical (unpaired) electrons. The first-order valence-electron chi connectivity index (χ1n) is 11.8. The highest BCUT2D eigenvalue weighted by molar-refractivity contribution is 5.70. The number of benzene rings is 1. The molecule has 5 fully saturated rings. The first kappa shape index (κ1) is 19.6. The molecule has 5 aliphatic heterocycles. The second kappa shape index (κ2) is 6.03. The second-order valence-electron chi connectivity index (χ2n) is 10.8. The number of hydrogen-bond donors (Lipinski definition) is 0. The molecule has 10 atom stereocenters. The van der Waals surface area contributed by atoms with Crippen molar-refractivity contribution in [2.24, 2.45) is 17.8 Å². The van der Waals surface area contributed by atoms with Crippen LogP contribution in [0.2, 0.25) is 0 Å². The molecule has 0 aromatic heterocycles. The van der Waals surface area contributed by atoms with Gasteiger partial charge in [-0.2, -0.15) is 0 Å². The average molecular weight is 426 g/mol. The molecule has 7 rings (SSSR count). The number of para-hydroxylation sites is 1. The number of esters is 2. The number of rotatable bonds is 3. The summed E-state index contributed by atoms with van der Waals surface area (Å²) >= 11 is 0. The van der Waals surface area contributed by atoms with Gasteiger partial charge in [0.2, 0.25) is 6.23 Å². The van der Waals surface area contributed by atoms with Gasteiger partial charge in [0.05, 0.1) is 36.4 Å². The van der Waals surface area contributed by atoms with Gasteiger partial charge in [0.15, 0.2) is 0 Å². The number of likely N-dealkylation sites (N-methyl/N-ethyl adjacent to an activating group) is 2. The Balaban J connectivity index is 1.59. The van der Waals surface area contributed by atoms with Crippen LogP contribution in [0.5, 0.6) is 0 Å². The normalized spacial score (nSPS) is 47.8. The predicted octanol–water partition coefficient (Wildman–Crippen LogP) is 2.84. The summed E-state index contributed by atoms with van der Waals surface area (Å²) in [5.74, 6) is 0.666. The molecule has 6 aliphatic rings. The molecule has 0 amide bonds. The van der Waals surface area contributed by atoms with Crippen molar-refractivity contribution in [3.8, 4) is 0 Å². The first-order valence-corrected chi connectivity index (χ1v) is 11.8. The van der Waals surface area contributed by atoms with Crippen molar-refractivity contribution < 1.29 is 23.5 Å². The highest BCUT2D eigenvalue weighted by atomic mass is 16.6. The van der Waals surface area contributed by atoms with Gasteiger partial charge in [0.1, 0.15) is 12.1 Å². The van der Waals surface area contributed by atoms with E-state index in [9.17, 15) is 9.59 Å². The minimum absolute atomic E-state index is 0.112. The molecule has 4 saturated heterocycles. The van der Waals surface area contributed by atoms with E-state index in [1.54, 1.807) is 13.8 Å². The van der Waals surface area contributed by atoms with Crippen molar-refractivity contribution in [2.45, 2.75) is 75.9 Å². The molecular formula is C25H33N2O4+. The zero-order valence-electron chi connectivity index (χ0n) is 19.1. The lowest BCUT2D eigenvalue weighted by atomic mass is 9.60. The van der Waals surface area contributed by atoms with E-state index in [1.807, 2.05) is 0 Å². The highest BCUT2D eigenvalue weighted by Crippen LogP contribution is 2.72. The lowest BCUT2D eigenvalue weighted by Crippen LogP contribution is -2.81. The van der Waals surface area contributed by atoms with Crippen LogP contribution in [-0.4, -0.2) is 61.0 Å². The third-order valence-corrected chi connectivity index (χ3v) is 9.90. The molecule has 1 saturated carbocycles. The van der Waals surface area contributed by atoms with Crippen LogP contribution >= 0.6 is 0 Å². The molecule has 3 unspecified atom stereocenters. The third kappa shape index (κ3) is 2.04. The molecule has 1 spiro atoms. The summed E-state index contributed by atoms with van der Waals surface area (Å²) in [6.45, 7) is 5.31. The van der Waals surface area contributed by atoms with Crippen LogP contribution in [0, 0.1) is 17.8 Å². The van der Waals surface area contributed by atoms with Crippen LogP contribution < -0.4 is 4.90 Å². The number of hydrogen-bond acceptors (Lipinski definition) is 5. The maximum absolute atomic E-state index is 12.4. The standard InChI is InChI=1S/C25H33N2O4/c1-6-15-16-11-19-22-25(17-9-7-8-10-18(17)26(22)4)12-20(21(16)23(25)30-13(2)28)27(19,5)24(15)31-14(3)29/h7-10,15-16,19-24H,6,11-12H2,1-5H3/q+1/t15-,16-,19-,20-,21?,22-,23?,24+,25+,27?/m0/s1. The number of fused-ring (bicyclic) bond motifs is 2. The van der Waals surface area contributed by atoms with E-state index in [4.69, 9.17) is 9.47 Å². The van der Waals surface area contributed by atoms with Gasteiger partial charge in [0.25, 0.3) is 0 Å². The largest absolute Gasteiger partial charge is 0.461 e. The molecule has 5 bridgehead atoms. The van der Waals surface area contributed by atoms with Crippen LogP contribution in [-0.2, 0) is 24.5 Å². The Morgan fingerprint density at radius 1 is 1.16 bits per heavy atom. The van der Waals surface area contributed by atoms with Gasteiger partial charge in [-0.25, -0.2) is 0 Å². The topological polar surface area (TPSA) is 55.8 Å². The van der Waals surface area contributed by atoms with Crippen LogP contribution in [0.25, 0.3) is 0 Å². The molecule has 166 valence electrons. The smallest absolute Gasteiger partial charge is 0.307 e. The zero-order valence-corrected chi connectivity index (χ0v) is 19.1. The molecule has 5 heterocycles. The maximum atomic E-state index is 12.4. The van der Waals surface area contributed by atoms with Crippen molar-refractivity contribution in [1.82, 2.24) is 0 Å². The Morgan fingerprint density at radius 3 is 2.55 bits per heavy atom. The highest BCUT2D eigenvalue weighted by Gasteiger charge is 2.83. The molecule has 6 heteroatoms. The molecule has 0 N–H and O–H groups in total. The summed E-state index contributed by atoms with van der Waals surface area (Å²) in [5.41, 5.74) is 2.43. The van der Waals surface area contributed by atoms with Crippen LogP contribution in [0.15, 0.2) is 24.3 Å². The fourth-order valence-electron chi connectivity index (χ4n) is 9.25. The van der Waals surface area contributed by atoms with E-state index in [1.165, 1.54) is 11.3 Å². The summed E-state index contributed by atoms with van der Waals surface area (Å²) in [4.78, 5) is 27.0. The van der Waals surface area contributed by atoms with Gasteiger partial charge in [-0.1, -0.05) is 25.1 Å². The molecule has 6 nitrogen and oxygen atoms in total. The van der Waals surface area contributed by atoms with E-state index < -0.39 is 0 Å². The van der Waals surface area contributed by atoms with Crippen molar-refractivity contribution in [2.75, 3.05) is 19.0 Å². The first-order chi connectivity index (χ1) is 14.8. The van der Waals surface area contributed by atoms with Crippen molar-refractivity contribution in [3.63, 3.8) is 0 Å². The van der Waals surface area contributed by atoms with Crippen molar-refractivity contribution in [1.29, 1.82) is 0 Å². The quantitative estimate of drug-likeness (QED) is 0.551. The van der Waals surface area contributed by atoms with Gasteiger partial charge < -0.3 is 14.4 Å². The summed E-state index contributed by atoms with van der Waals surface area (Å²) in [6, 6.07) is 9.63. The fourth-order valence-corrected chi connectivity index (χ4v) is 9.25. The number of ether oxygens (including phenoxy) is 2. The van der Waals surface area contributed by atoms with Crippen LogP contribution in [0.4, 0.5) is 5.69 Å². The average Bonchev–Trinajstić information content (AvgIpc) is 3.11. The molecular weight excluding hydrogens is 392 g/mol. The lowest BCUT2D eigenvalue weighted by Gasteiger charge is -2.66. The van der Waals surface area contributed by atoms with Gasteiger partial charge in [0, 0.05) is 39.4 Å². The van der Waals surface area contributed by atoms with E-state index in [2.05, 4.69) is 50.2 Å². The second-order valence-corrected chi connectivity index (χ2v) is 10.8. The van der Waals surface area contributed by atoms with Gasteiger partial charge >= 0.3 is 11.9 Å². The number of quaternary nitrogens is 1. The SMILES string of the molecule is CC[C@H]1[C@@H]2C[C@H]3[C@@H]4N(C)c5ccccc5[C@]45C[C@@H](C2C5OC(C)=O)[N+]3(C)[C@@H]1OC(C)=O. The Kier molecular flexibility index (Phi) is 3.81. The van der Waals surface area contributed by atoms with E-state index in [0.717, 1.165) is 23.7 Å². The van der Waals surface area contributed by atoms with Crippen molar-refractivity contribution >= 4 is 17.6 Å². The molecule has 1 aromatic rings. The number of piperidine rings is 4. The summed E-state index contributed by atoms with van der Waals surface area (Å²) in [7, 11) is 4.53. The third-order valence-electron chi connectivity index (χ3n) is 9.90. The van der Waals surface area contributed by atoms with E-state index in [-0.39, 0.29) is 35.7 Å². The summed E-state index contributed by atoms with van der Waals surface area (Å²) in [6.07, 6.45) is 2.84. The molecule has 31 heavy (non-hydrogen) atoms. The number of carbonyl (C=O) groups excluding carboxylic acids is 2. The minimum Gasteiger partial charge on any atom is -0.461 e. The van der Waals surface area contributed by atoms with E-state index >= 15 is 0 Å². The van der Waals surface area contributed by atoms with Gasteiger partial charge in [-0.3, -0.25) is 14.1 Å². The van der Waals surface area contributed by atoms with Gasteiger partial charge in [-0.15, -0.1) is 0 Å². The number of carbonyl (C=O) groups is 2. The van der Waals surface area contributed by atoms with Crippen LogP contribution in [0.3, 0.4) is 0 Å². The minimum atomic E-state index is -0.185. The Labute approximate surface area is 184 Å². The van der Waals surface area contributed by atoms with E-state index in [0.29, 0.717) is 29.8 Å². The fraction of sp³-hybridized carbons (Fsp3) is 0.680. The Morgan fingerprint density at radius 2 is 1.87 bits per heavy atom. The summed E-state index contributed by atoms with van der Waals surface area (Å²) in [5, 5.41) is 0. The van der Waals surface area contributed by atoms with Crippen LogP contribution in [0.1, 0.15) is 45.6 Å². The Bertz CT molecular complexity index is 980. The summed E-state index contributed by atoms with van der Waals surface area (Å²) < 4.78 is 13.2. The molecule has 1 aliphatic carbocycles. The number of nitrogens with zero attached hydrogens (tertiary/aromatic N) is 2. The monoisotopic (exact) mass is 425 g/mol. The van der Waals surface area contributed by atoms with Crippen molar-refractivity contribution in [3.05, 3.63) is 29.8 Å². The predicted molar refractivity (Wildman–Crippen MR) is 115 cm³/mol.